The summed E-state index contributed by atoms with van der Waals surface area (Å²) in [5, 5.41) is 4.34. The van der Waals surface area contributed by atoms with Crippen molar-refractivity contribution in [1.29, 1.82) is 0 Å². The van der Waals surface area contributed by atoms with E-state index in [4.69, 9.17) is 15.2 Å². The molecule has 0 spiro atoms. The molecule has 0 amide bonds. The molecule has 1 unspecified atom stereocenters. The number of hydrogen-bond acceptors (Lipinski definition) is 6. The van der Waals surface area contributed by atoms with E-state index in [9.17, 15) is 8.76 Å². The Bertz CT molecular complexity index is 1130. The lowest BCUT2D eigenvalue weighted by Crippen LogP contribution is -2.25. The fourth-order valence-electron chi connectivity index (χ4n) is 4.55. The van der Waals surface area contributed by atoms with Gasteiger partial charge in [-0.1, -0.05) is 23.2 Å². The molecule has 1 aliphatic heterocycles. The lowest BCUT2D eigenvalue weighted by molar-refractivity contribution is 0.0256. The van der Waals surface area contributed by atoms with Crippen LogP contribution in [0.25, 0.3) is 22.2 Å². The lowest BCUT2D eigenvalue weighted by Gasteiger charge is -2.23. The summed E-state index contributed by atoms with van der Waals surface area (Å²) in [6.45, 7) is 2.13. The Hall–Kier alpha value is -2.55. The second-order valence-corrected chi connectivity index (χ2v) is 9.85. The third-order valence-corrected chi connectivity index (χ3v) is 7.00. The molecule has 2 aliphatic rings. The van der Waals surface area contributed by atoms with Crippen molar-refractivity contribution in [2.45, 2.75) is 44.2 Å². The molecule has 0 bridgehead atoms. The Morgan fingerprint density at radius 1 is 1.12 bits per heavy atom. The summed E-state index contributed by atoms with van der Waals surface area (Å²) >= 11 is -1.99. The van der Waals surface area contributed by atoms with Crippen LogP contribution in [0.15, 0.2) is 42.5 Å². The average molecular weight is 469 g/mol. The molecule has 3 N–H and O–H groups in total. The summed E-state index contributed by atoms with van der Waals surface area (Å²) in [6.07, 6.45) is 4.93. The topological polar surface area (TPSA) is 102 Å². The van der Waals surface area contributed by atoms with Gasteiger partial charge in [0.1, 0.15) is 11.9 Å². The van der Waals surface area contributed by atoms with Crippen LogP contribution in [0.4, 0.5) is 11.4 Å². The number of fused-ring (bicyclic) bond motifs is 1. The number of nitrogens with zero attached hydrogens (tertiary/aromatic N) is 1. The van der Waals surface area contributed by atoms with Gasteiger partial charge in [0.25, 0.3) is 0 Å². The number of benzene rings is 2. The molecule has 8 heteroatoms. The van der Waals surface area contributed by atoms with E-state index in [-0.39, 0.29) is 11.9 Å². The Kier molecular flexibility index (Phi) is 6.57. The number of hydrogen-bond donors (Lipinski definition) is 2. The number of ether oxygens (including phenoxy) is 2. The molecule has 1 saturated heterocycles. The summed E-state index contributed by atoms with van der Waals surface area (Å²) in [4.78, 5) is 0. The maximum Gasteiger partial charge on any atom is 0.121 e. The van der Waals surface area contributed by atoms with Crippen LogP contribution in [0.1, 0.15) is 38.1 Å². The first-order valence-electron chi connectivity index (χ1n) is 11.7. The van der Waals surface area contributed by atoms with Gasteiger partial charge < -0.3 is 29.6 Å². The van der Waals surface area contributed by atoms with Gasteiger partial charge in [-0.15, -0.1) is 0 Å². The van der Waals surface area contributed by atoms with Crippen LogP contribution < -0.4 is 15.8 Å². The molecule has 176 valence electrons. The summed E-state index contributed by atoms with van der Waals surface area (Å²) in [5.41, 5.74) is 11.7. The minimum absolute atomic E-state index is 0.170. The first kappa shape index (κ1) is 22.3. The summed E-state index contributed by atoms with van der Waals surface area (Å²) in [6, 6.07) is 14.9. The van der Waals surface area contributed by atoms with Crippen molar-refractivity contribution in [2.75, 3.05) is 36.6 Å². The highest BCUT2D eigenvalue weighted by molar-refractivity contribution is 7.79. The molecular formula is C25H30N3O4S-. The first-order valence-corrected chi connectivity index (χ1v) is 12.9. The van der Waals surface area contributed by atoms with Gasteiger partial charge in [0.05, 0.1) is 30.1 Å². The largest absolute Gasteiger partial charge is 0.772 e. The minimum atomic E-state index is -1.99. The molecule has 0 radical (unpaired) electrons. The second-order valence-electron chi connectivity index (χ2n) is 8.84. The van der Waals surface area contributed by atoms with Gasteiger partial charge in [-0.3, -0.25) is 4.21 Å². The normalized spacial score (nSPS) is 17.8. The number of nitrogens with two attached hydrogens (primary N) is 1. The van der Waals surface area contributed by atoms with Crippen molar-refractivity contribution in [3.63, 3.8) is 0 Å². The fraction of sp³-hybridized carbons (Fsp3) is 0.440. The molecule has 1 saturated carbocycles. The van der Waals surface area contributed by atoms with E-state index in [0.29, 0.717) is 19.0 Å². The highest BCUT2D eigenvalue weighted by atomic mass is 32.2. The van der Waals surface area contributed by atoms with Crippen LogP contribution in [0.3, 0.4) is 0 Å². The quantitative estimate of drug-likeness (QED) is 0.355. The Balaban J connectivity index is 1.41. The van der Waals surface area contributed by atoms with Gasteiger partial charge in [-0.2, -0.15) is 0 Å². The second kappa shape index (κ2) is 9.75. The van der Waals surface area contributed by atoms with Crippen LogP contribution in [-0.2, 0) is 15.8 Å². The molecule has 1 atom stereocenters. The van der Waals surface area contributed by atoms with E-state index in [1.165, 1.54) is 0 Å². The van der Waals surface area contributed by atoms with Crippen molar-refractivity contribution in [3.8, 4) is 17.0 Å². The molecule has 7 nitrogen and oxygen atoms in total. The van der Waals surface area contributed by atoms with Gasteiger partial charge in [-0.25, -0.2) is 0 Å². The zero-order valence-corrected chi connectivity index (χ0v) is 19.4. The highest BCUT2D eigenvalue weighted by Crippen LogP contribution is 2.47. The smallest absolute Gasteiger partial charge is 0.121 e. The van der Waals surface area contributed by atoms with Crippen LogP contribution in [-0.4, -0.2) is 44.9 Å². The van der Waals surface area contributed by atoms with E-state index in [1.807, 2.05) is 18.2 Å². The van der Waals surface area contributed by atoms with Crippen molar-refractivity contribution in [2.24, 2.45) is 0 Å². The van der Waals surface area contributed by atoms with Gasteiger partial charge in [0.2, 0.25) is 0 Å². The summed E-state index contributed by atoms with van der Waals surface area (Å²) < 4.78 is 35.5. The van der Waals surface area contributed by atoms with Crippen molar-refractivity contribution < 1.29 is 18.2 Å². The minimum Gasteiger partial charge on any atom is -0.772 e. The first-order chi connectivity index (χ1) is 16.1. The predicted molar refractivity (Wildman–Crippen MR) is 131 cm³/mol. The van der Waals surface area contributed by atoms with E-state index in [0.717, 1.165) is 78.2 Å². The number of nitrogens with one attached hydrogen (secondary N) is 1. The molecular weight excluding hydrogens is 438 g/mol. The van der Waals surface area contributed by atoms with Gasteiger partial charge in [0, 0.05) is 53.9 Å². The van der Waals surface area contributed by atoms with Gasteiger partial charge in [-0.05, 0) is 43.5 Å². The molecule has 2 fully saturated rings. The van der Waals surface area contributed by atoms with Gasteiger partial charge >= 0.3 is 0 Å². The molecule has 2 aromatic carbocycles. The number of nitrogen functional groups attached to an aromatic ring is 1. The van der Waals surface area contributed by atoms with Crippen molar-refractivity contribution in [3.05, 3.63) is 42.5 Å². The van der Waals surface area contributed by atoms with Crippen molar-refractivity contribution >= 4 is 33.4 Å². The Morgan fingerprint density at radius 3 is 2.58 bits per heavy atom. The summed E-state index contributed by atoms with van der Waals surface area (Å²) in [7, 11) is 0. The molecule has 1 aromatic heterocycles. The zero-order valence-electron chi connectivity index (χ0n) is 18.6. The highest BCUT2D eigenvalue weighted by Gasteiger charge is 2.30. The van der Waals surface area contributed by atoms with E-state index >= 15 is 0 Å². The van der Waals surface area contributed by atoms with Crippen LogP contribution in [0.2, 0.25) is 0 Å². The Morgan fingerprint density at radius 2 is 1.88 bits per heavy atom. The van der Waals surface area contributed by atoms with Gasteiger partial charge in [0.15, 0.2) is 0 Å². The molecule has 5 rings (SSSR count). The van der Waals surface area contributed by atoms with Crippen molar-refractivity contribution in [1.82, 2.24) is 4.57 Å². The predicted octanol–water partition coefficient (Wildman–Crippen LogP) is 4.46. The lowest BCUT2D eigenvalue weighted by atomic mass is 10.1. The third-order valence-electron chi connectivity index (χ3n) is 6.37. The number of rotatable bonds is 9. The van der Waals surface area contributed by atoms with E-state index in [1.54, 1.807) is 0 Å². The van der Waals surface area contributed by atoms with E-state index < -0.39 is 11.1 Å². The summed E-state index contributed by atoms with van der Waals surface area (Å²) in [5.74, 6) is 1.06. The van der Waals surface area contributed by atoms with E-state index in [2.05, 4.69) is 34.1 Å². The number of anilines is 2. The monoisotopic (exact) mass is 468 g/mol. The fourth-order valence-corrected chi connectivity index (χ4v) is 4.93. The molecule has 1 aliphatic carbocycles. The maximum absolute atomic E-state index is 10.7. The third kappa shape index (κ3) is 5.03. The van der Waals surface area contributed by atoms with Crippen LogP contribution >= 0.6 is 0 Å². The molecule has 2 heterocycles. The zero-order chi connectivity index (χ0) is 22.8. The average Bonchev–Trinajstić information content (AvgIpc) is 3.62. The Labute approximate surface area is 196 Å². The standard InChI is InChI=1S/C25H31N3O4S/c26-24-22-9-8-21(32-20-10-13-31-14-11-20)16-23(22)28(19-6-7-19)25(24)17-2-4-18(5-3-17)27-12-1-15-33(29)30/h2-5,8-9,16,19-20,27H,1,6-7,10-15,26H2,(H,29,30)/p-1. The molecule has 3 aromatic rings. The molecule has 33 heavy (non-hydrogen) atoms. The number of aromatic nitrogens is 1. The van der Waals surface area contributed by atoms with Crippen LogP contribution in [0.5, 0.6) is 5.75 Å². The SMILES string of the molecule is Nc1c(-c2ccc(NCCCS(=O)[O-])cc2)n(C2CC2)c2cc(OC3CCOCC3)ccc12. The van der Waals surface area contributed by atoms with Crippen LogP contribution in [0, 0.1) is 0 Å². The maximum atomic E-state index is 10.7.